The summed E-state index contributed by atoms with van der Waals surface area (Å²) in [6.45, 7) is 6.79. The minimum atomic E-state index is -0.315. The molecular weight excluding hydrogens is 392 g/mol. The fraction of sp³-hybridized carbons (Fsp3) is 0.261. The normalized spacial score (nSPS) is 11.4. The van der Waals surface area contributed by atoms with Crippen molar-refractivity contribution in [2.24, 2.45) is 5.92 Å². The van der Waals surface area contributed by atoms with Crippen molar-refractivity contribution in [2.45, 2.75) is 27.3 Å². The number of aryl methyl sites for hydroxylation is 1. The Morgan fingerprint density at radius 2 is 2.00 bits per heavy atom. The average molecular weight is 417 g/mol. The predicted molar refractivity (Wildman–Crippen MR) is 119 cm³/mol. The van der Waals surface area contributed by atoms with Crippen molar-refractivity contribution in [3.63, 3.8) is 0 Å². The molecule has 0 radical (unpaired) electrons. The lowest BCUT2D eigenvalue weighted by Gasteiger charge is -2.13. The van der Waals surface area contributed by atoms with Crippen LogP contribution in [0.25, 0.3) is 16.7 Å². The molecule has 4 aromatic heterocycles. The van der Waals surface area contributed by atoms with E-state index in [1.165, 1.54) is 4.40 Å². The van der Waals surface area contributed by atoms with Gasteiger partial charge in [-0.05, 0) is 42.7 Å². The smallest absolute Gasteiger partial charge is 0.278 e. The minimum absolute atomic E-state index is 0.245. The number of hydrogen-bond acceptors (Lipinski definition) is 5. The van der Waals surface area contributed by atoms with Crippen LogP contribution in [0.5, 0.6) is 0 Å². The number of anilines is 1. The molecule has 4 aromatic rings. The molecule has 0 aliphatic heterocycles. The Hall–Kier alpha value is -3.81. The molecule has 0 aromatic carbocycles. The Morgan fingerprint density at radius 1 is 1.26 bits per heavy atom. The van der Waals surface area contributed by atoms with Crippen molar-refractivity contribution < 1.29 is 9.36 Å². The van der Waals surface area contributed by atoms with Crippen molar-refractivity contribution in [2.75, 3.05) is 12.3 Å². The second-order valence-electron chi connectivity index (χ2n) is 8.03. The van der Waals surface area contributed by atoms with E-state index in [2.05, 4.69) is 10.3 Å². The molecule has 8 heteroatoms. The third-order valence-corrected chi connectivity index (χ3v) is 5.18. The van der Waals surface area contributed by atoms with Gasteiger partial charge in [-0.25, -0.2) is 4.57 Å². The fourth-order valence-corrected chi connectivity index (χ4v) is 3.51. The SMILES string of the molecule is Cc1cccn2c(=O)c3cc(C(=O)NCC(C)C)c(N)[n+](Cc4ccncc4)c3nc12. The van der Waals surface area contributed by atoms with Crippen molar-refractivity contribution in [1.82, 2.24) is 19.7 Å². The molecule has 0 atom stereocenters. The van der Waals surface area contributed by atoms with Gasteiger partial charge in [-0.15, -0.1) is 0 Å². The molecule has 3 N–H and O–H groups in total. The van der Waals surface area contributed by atoms with E-state index in [0.717, 1.165) is 11.1 Å². The lowest BCUT2D eigenvalue weighted by Crippen LogP contribution is -2.43. The van der Waals surface area contributed by atoms with Crippen LogP contribution in [0.1, 0.15) is 35.3 Å². The summed E-state index contributed by atoms with van der Waals surface area (Å²) in [5.41, 5.74) is 9.28. The molecule has 0 fully saturated rings. The van der Waals surface area contributed by atoms with Crippen molar-refractivity contribution in [3.8, 4) is 0 Å². The highest BCUT2D eigenvalue weighted by Gasteiger charge is 2.25. The molecule has 31 heavy (non-hydrogen) atoms. The lowest BCUT2D eigenvalue weighted by atomic mass is 10.1. The molecule has 0 aliphatic rings. The van der Waals surface area contributed by atoms with E-state index in [9.17, 15) is 9.59 Å². The lowest BCUT2D eigenvalue weighted by molar-refractivity contribution is -0.649. The number of rotatable bonds is 5. The zero-order valence-electron chi connectivity index (χ0n) is 17.8. The number of amides is 1. The van der Waals surface area contributed by atoms with Gasteiger partial charge in [0.2, 0.25) is 11.5 Å². The predicted octanol–water partition coefficient (Wildman–Crippen LogP) is 1.85. The van der Waals surface area contributed by atoms with Crippen LogP contribution in [0.3, 0.4) is 0 Å². The van der Waals surface area contributed by atoms with Crippen LogP contribution < -0.4 is 21.2 Å². The maximum Gasteiger partial charge on any atom is 0.278 e. The van der Waals surface area contributed by atoms with Crippen molar-refractivity contribution >= 4 is 28.4 Å². The third-order valence-electron chi connectivity index (χ3n) is 5.18. The molecular formula is C23H25N6O2+. The number of hydrogen-bond donors (Lipinski definition) is 2. The molecule has 0 unspecified atom stereocenters. The number of carbonyl (C=O) groups excluding carboxylic acids is 1. The van der Waals surface area contributed by atoms with E-state index in [1.54, 1.807) is 35.3 Å². The highest BCUT2D eigenvalue weighted by atomic mass is 16.1. The Kier molecular flexibility index (Phi) is 5.37. The number of aromatic nitrogens is 4. The van der Waals surface area contributed by atoms with E-state index in [1.807, 2.05) is 39.0 Å². The average Bonchev–Trinajstić information content (AvgIpc) is 2.75. The number of fused-ring (bicyclic) bond motifs is 2. The second-order valence-corrected chi connectivity index (χ2v) is 8.03. The first kappa shape index (κ1) is 20.5. The molecule has 0 bridgehead atoms. The molecule has 4 rings (SSSR count). The van der Waals surface area contributed by atoms with Crippen LogP contribution in [-0.4, -0.2) is 26.8 Å². The minimum Gasteiger partial charge on any atom is -0.352 e. The highest BCUT2D eigenvalue weighted by molar-refractivity contribution is 6.00. The van der Waals surface area contributed by atoms with E-state index in [-0.39, 0.29) is 28.8 Å². The molecule has 1 amide bonds. The Labute approximate surface area is 179 Å². The first-order chi connectivity index (χ1) is 14.9. The van der Waals surface area contributed by atoms with E-state index in [0.29, 0.717) is 29.8 Å². The first-order valence-electron chi connectivity index (χ1n) is 10.2. The van der Waals surface area contributed by atoms with Gasteiger partial charge in [-0.1, -0.05) is 24.9 Å². The largest absolute Gasteiger partial charge is 0.352 e. The van der Waals surface area contributed by atoms with Gasteiger partial charge >= 0.3 is 0 Å². The van der Waals surface area contributed by atoms with Crippen LogP contribution >= 0.6 is 0 Å². The fourth-order valence-electron chi connectivity index (χ4n) is 3.51. The van der Waals surface area contributed by atoms with E-state index >= 15 is 0 Å². The monoisotopic (exact) mass is 417 g/mol. The number of nitrogens with two attached hydrogens (primary N) is 1. The molecule has 0 aliphatic carbocycles. The summed E-state index contributed by atoms with van der Waals surface area (Å²) in [7, 11) is 0. The van der Waals surface area contributed by atoms with Gasteiger partial charge in [0.05, 0.1) is 6.54 Å². The Morgan fingerprint density at radius 3 is 2.71 bits per heavy atom. The van der Waals surface area contributed by atoms with Gasteiger partial charge in [0.25, 0.3) is 17.1 Å². The van der Waals surface area contributed by atoms with Crippen LogP contribution in [0.15, 0.2) is 53.7 Å². The number of nitrogens with zero attached hydrogens (tertiary/aromatic N) is 4. The molecule has 0 saturated carbocycles. The maximum absolute atomic E-state index is 13.3. The van der Waals surface area contributed by atoms with Gasteiger partial charge in [0.1, 0.15) is 10.9 Å². The molecule has 8 nitrogen and oxygen atoms in total. The summed E-state index contributed by atoms with van der Waals surface area (Å²) in [6, 6.07) is 8.98. The van der Waals surface area contributed by atoms with Gasteiger partial charge in [-0.3, -0.25) is 19.0 Å². The van der Waals surface area contributed by atoms with Crippen LogP contribution in [0, 0.1) is 12.8 Å². The number of nitrogens with one attached hydrogen (secondary N) is 1. The standard InChI is InChI=1S/C23H24N6O2/c1-14(2)12-26-22(30)17-11-18-21(27-20-15(3)5-4-10-28(20)23(18)31)29(19(17)24)13-16-6-8-25-9-7-16/h4-11,14,24H,12-13H2,1-3H3,(H,26,30)/p+1. The quantitative estimate of drug-likeness (QED) is 0.381. The van der Waals surface area contributed by atoms with E-state index < -0.39 is 0 Å². The molecule has 4 heterocycles. The van der Waals surface area contributed by atoms with Crippen molar-refractivity contribution in [1.29, 1.82) is 0 Å². The summed E-state index contributed by atoms with van der Waals surface area (Å²) < 4.78 is 3.23. The zero-order chi connectivity index (χ0) is 22.1. The first-order valence-corrected chi connectivity index (χ1v) is 10.2. The van der Waals surface area contributed by atoms with Crippen LogP contribution in [-0.2, 0) is 6.54 Å². The topological polar surface area (TPSA) is 106 Å². The summed E-state index contributed by atoms with van der Waals surface area (Å²) in [5, 5.41) is 3.22. The zero-order valence-corrected chi connectivity index (χ0v) is 17.8. The summed E-state index contributed by atoms with van der Waals surface area (Å²) in [5.74, 6) is 0.231. The highest BCUT2D eigenvalue weighted by Crippen LogP contribution is 2.16. The Bertz CT molecular complexity index is 1350. The summed E-state index contributed by atoms with van der Waals surface area (Å²) in [4.78, 5) is 35.0. The van der Waals surface area contributed by atoms with Crippen LogP contribution in [0.4, 0.5) is 5.82 Å². The maximum atomic E-state index is 13.3. The molecule has 0 spiro atoms. The third kappa shape index (κ3) is 3.84. The Balaban J connectivity index is 2.01. The number of carbonyl (C=O) groups is 1. The van der Waals surface area contributed by atoms with Gasteiger partial charge in [0, 0.05) is 30.7 Å². The summed E-state index contributed by atoms with van der Waals surface area (Å²) >= 11 is 0. The van der Waals surface area contributed by atoms with Gasteiger partial charge in [-0.2, -0.15) is 0 Å². The molecule has 158 valence electrons. The van der Waals surface area contributed by atoms with Gasteiger partial charge < -0.3 is 11.1 Å². The molecule has 0 saturated heterocycles. The van der Waals surface area contributed by atoms with Crippen molar-refractivity contribution in [3.05, 3.63) is 76.0 Å². The summed E-state index contributed by atoms with van der Waals surface area (Å²) in [6.07, 6.45) is 5.06. The van der Waals surface area contributed by atoms with Gasteiger partial charge in [0.15, 0.2) is 0 Å². The second kappa shape index (κ2) is 8.14. The van der Waals surface area contributed by atoms with E-state index in [4.69, 9.17) is 10.7 Å². The number of pyridine rings is 3. The van der Waals surface area contributed by atoms with Crippen LogP contribution in [0.2, 0.25) is 0 Å². The number of nitrogen functional groups attached to an aromatic ring is 1.